The van der Waals surface area contributed by atoms with Crippen LogP contribution in [-0.4, -0.2) is 7.11 Å². The van der Waals surface area contributed by atoms with E-state index in [2.05, 4.69) is 121 Å². The Balaban J connectivity index is 2.02. The standard InChI is InChI=1S/C29H37NOS/c1-20(30-25-16-12-13-17-26(25)32-22-14-10-9-11-15-22)23-18-21(28(2,3)4)19-24(27(23)31-8)29(5,6)7/h9-20,30H,1-8H3. The summed E-state index contributed by atoms with van der Waals surface area (Å²) in [5.41, 5.74) is 4.96. The lowest BCUT2D eigenvalue weighted by Gasteiger charge is -2.31. The molecule has 1 unspecified atom stereocenters. The SMILES string of the molecule is COc1c(C(C)Nc2ccccc2Sc2ccccc2)cc(C(C)(C)C)cc1C(C)(C)C. The van der Waals surface area contributed by atoms with Gasteiger partial charge in [0.05, 0.1) is 13.2 Å². The lowest BCUT2D eigenvalue weighted by molar-refractivity contribution is 0.389. The third kappa shape index (κ3) is 5.69. The lowest BCUT2D eigenvalue weighted by Crippen LogP contribution is -2.20. The fourth-order valence-corrected chi connectivity index (χ4v) is 4.72. The van der Waals surface area contributed by atoms with Crippen molar-refractivity contribution < 1.29 is 4.74 Å². The van der Waals surface area contributed by atoms with Gasteiger partial charge in [-0.25, -0.2) is 0 Å². The summed E-state index contributed by atoms with van der Waals surface area (Å²) in [5.74, 6) is 0.985. The molecule has 0 saturated carbocycles. The van der Waals surface area contributed by atoms with Crippen molar-refractivity contribution in [2.45, 2.75) is 75.1 Å². The number of ether oxygens (including phenoxy) is 1. The van der Waals surface area contributed by atoms with Crippen molar-refractivity contribution in [2.75, 3.05) is 12.4 Å². The number of methoxy groups -OCH3 is 1. The first-order valence-corrected chi connectivity index (χ1v) is 12.1. The molecular weight excluding hydrogens is 410 g/mol. The highest BCUT2D eigenvalue weighted by atomic mass is 32.2. The van der Waals surface area contributed by atoms with Gasteiger partial charge in [0.2, 0.25) is 0 Å². The van der Waals surface area contributed by atoms with E-state index in [1.165, 1.54) is 26.5 Å². The smallest absolute Gasteiger partial charge is 0.127 e. The van der Waals surface area contributed by atoms with Gasteiger partial charge in [0.15, 0.2) is 0 Å². The second kappa shape index (κ2) is 9.62. The number of benzene rings is 3. The minimum absolute atomic E-state index is 0.0118. The van der Waals surface area contributed by atoms with E-state index in [1.807, 2.05) is 0 Å². The highest BCUT2D eigenvalue weighted by Crippen LogP contribution is 2.42. The summed E-state index contributed by atoms with van der Waals surface area (Å²) in [4.78, 5) is 2.45. The van der Waals surface area contributed by atoms with Crippen LogP contribution in [0.1, 0.15) is 71.2 Å². The quantitative estimate of drug-likeness (QED) is 0.408. The summed E-state index contributed by atoms with van der Waals surface area (Å²) in [6.07, 6.45) is 0. The van der Waals surface area contributed by atoms with Gasteiger partial charge in [0.25, 0.3) is 0 Å². The lowest BCUT2D eigenvalue weighted by atomic mass is 9.78. The Labute approximate surface area is 198 Å². The molecule has 170 valence electrons. The van der Waals surface area contributed by atoms with Crippen molar-refractivity contribution in [3.8, 4) is 5.75 Å². The van der Waals surface area contributed by atoms with Crippen molar-refractivity contribution in [1.29, 1.82) is 0 Å². The predicted octanol–water partition coefficient (Wildman–Crippen LogP) is 8.61. The molecular formula is C29H37NOS. The molecule has 3 rings (SSSR count). The number of hydrogen-bond acceptors (Lipinski definition) is 3. The normalized spacial score (nSPS) is 13.0. The zero-order valence-corrected chi connectivity index (χ0v) is 21.6. The van der Waals surface area contributed by atoms with Gasteiger partial charge in [-0.2, -0.15) is 0 Å². The maximum Gasteiger partial charge on any atom is 0.127 e. The second-order valence-corrected chi connectivity index (χ2v) is 11.5. The molecule has 0 fully saturated rings. The number of nitrogens with one attached hydrogen (secondary N) is 1. The van der Waals surface area contributed by atoms with Crippen LogP contribution < -0.4 is 10.1 Å². The van der Waals surface area contributed by atoms with Gasteiger partial charge >= 0.3 is 0 Å². The van der Waals surface area contributed by atoms with E-state index in [1.54, 1.807) is 18.9 Å². The molecule has 3 heteroatoms. The van der Waals surface area contributed by atoms with Crippen LogP contribution in [0.3, 0.4) is 0 Å². The van der Waals surface area contributed by atoms with E-state index in [9.17, 15) is 0 Å². The second-order valence-electron chi connectivity index (χ2n) is 10.4. The molecule has 0 aromatic heterocycles. The van der Waals surface area contributed by atoms with Crippen molar-refractivity contribution in [2.24, 2.45) is 0 Å². The van der Waals surface area contributed by atoms with Gasteiger partial charge in [-0.1, -0.05) is 89.7 Å². The van der Waals surface area contributed by atoms with Gasteiger partial charge in [0, 0.05) is 26.6 Å². The third-order valence-electron chi connectivity index (χ3n) is 5.69. The van der Waals surface area contributed by atoms with Crippen LogP contribution in [0.5, 0.6) is 5.75 Å². The summed E-state index contributed by atoms with van der Waals surface area (Å²) in [6, 6.07) is 23.8. The molecule has 1 N–H and O–H groups in total. The molecule has 0 aliphatic carbocycles. The first kappa shape index (κ1) is 24.3. The molecule has 0 aliphatic rings. The Hall–Kier alpha value is -2.39. The molecule has 32 heavy (non-hydrogen) atoms. The monoisotopic (exact) mass is 447 g/mol. The van der Waals surface area contributed by atoms with E-state index in [-0.39, 0.29) is 16.9 Å². The van der Waals surface area contributed by atoms with Gasteiger partial charge in [0.1, 0.15) is 5.75 Å². The summed E-state index contributed by atoms with van der Waals surface area (Å²) in [7, 11) is 1.79. The van der Waals surface area contributed by atoms with Gasteiger partial charge < -0.3 is 10.1 Å². The first-order valence-electron chi connectivity index (χ1n) is 11.3. The zero-order chi connectivity index (χ0) is 23.5. The maximum atomic E-state index is 6.01. The summed E-state index contributed by atoms with van der Waals surface area (Å²) in [5, 5.41) is 3.78. The highest BCUT2D eigenvalue weighted by Gasteiger charge is 2.27. The van der Waals surface area contributed by atoms with E-state index < -0.39 is 0 Å². The van der Waals surface area contributed by atoms with Crippen molar-refractivity contribution in [3.63, 3.8) is 0 Å². The van der Waals surface area contributed by atoms with E-state index in [0.29, 0.717) is 0 Å². The third-order valence-corrected chi connectivity index (χ3v) is 6.78. The molecule has 0 aliphatic heterocycles. The molecule has 0 bridgehead atoms. The summed E-state index contributed by atoms with van der Waals surface area (Å²) in [6.45, 7) is 15.8. The largest absolute Gasteiger partial charge is 0.496 e. The first-order chi connectivity index (χ1) is 15.0. The van der Waals surface area contributed by atoms with Gasteiger partial charge in [-0.05, 0) is 53.6 Å². The number of anilines is 1. The Morgan fingerprint density at radius 3 is 2.03 bits per heavy atom. The van der Waals surface area contributed by atoms with Crippen molar-refractivity contribution >= 4 is 17.4 Å². The fourth-order valence-electron chi connectivity index (χ4n) is 3.79. The van der Waals surface area contributed by atoms with E-state index >= 15 is 0 Å². The minimum Gasteiger partial charge on any atom is -0.496 e. The number of para-hydroxylation sites is 1. The predicted molar refractivity (Wildman–Crippen MR) is 139 cm³/mol. The summed E-state index contributed by atoms with van der Waals surface area (Å²) < 4.78 is 6.01. The van der Waals surface area contributed by atoms with Crippen LogP contribution in [0, 0.1) is 0 Å². The van der Waals surface area contributed by atoms with Crippen LogP contribution in [0.25, 0.3) is 0 Å². The van der Waals surface area contributed by atoms with Crippen molar-refractivity contribution in [1.82, 2.24) is 0 Å². The molecule has 3 aromatic carbocycles. The molecule has 3 aromatic rings. The molecule has 0 saturated heterocycles. The minimum atomic E-state index is -0.0118. The topological polar surface area (TPSA) is 21.3 Å². The molecule has 0 amide bonds. The van der Waals surface area contributed by atoms with E-state index in [0.717, 1.165) is 11.4 Å². The van der Waals surface area contributed by atoms with Crippen LogP contribution >= 0.6 is 11.8 Å². The average Bonchev–Trinajstić information content (AvgIpc) is 2.73. The van der Waals surface area contributed by atoms with Gasteiger partial charge in [-0.3, -0.25) is 0 Å². The average molecular weight is 448 g/mol. The number of hydrogen-bond donors (Lipinski definition) is 1. The Morgan fingerprint density at radius 2 is 1.44 bits per heavy atom. The van der Waals surface area contributed by atoms with E-state index in [4.69, 9.17) is 4.74 Å². The van der Waals surface area contributed by atoms with Crippen LogP contribution in [0.4, 0.5) is 5.69 Å². The zero-order valence-electron chi connectivity index (χ0n) is 20.7. The van der Waals surface area contributed by atoms with Crippen molar-refractivity contribution in [3.05, 3.63) is 83.4 Å². The Bertz CT molecular complexity index is 1040. The molecule has 0 heterocycles. The molecule has 0 spiro atoms. The van der Waals surface area contributed by atoms with Crippen LogP contribution in [-0.2, 0) is 10.8 Å². The van der Waals surface area contributed by atoms with Crippen LogP contribution in [0.2, 0.25) is 0 Å². The Kier molecular flexibility index (Phi) is 7.29. The Morgan fingerprint density at radius 1 is 0.812 bits per heavy atom. The molecule has 0 radical (unpaired) electrons. The maximum absolute atomic E-state index is 6.01. The van der Waals surface area contributed by atoms with Crippen LogP contribution in [0.15, 0.2) is 76.5 Å². The number of rotatable bonds is 6. The highest BCUT2D eigenvalue weighted by molar-refractivity contribution is 7.99. The fraction of sp³-hybridized carbons (Fsp3) is 0.379. The molecule has 2 nitrogen and oxygen atoms in total. The van der Waals surface area contributed by atoms with Gasteiger partial charge in [-0.15, -0.1) is 0 Å². The molecule has 1 atom stereocenters. The summed E-state index contributed by atoms with van der Waals surface area (Å²) >= 11 is 1.78.